The predicted molar refractivity (Wildman–Crippen MR) is 84.0 cm³/mol. The average Bonchev–Trinajstić information content (AvgIpc) is 2.35. The standard InChI is InChI=1S/C14H23N3O3S/c1-11(2)8-16-14(18)9-17(3)21(19,20)10-12-5-4-6-13(15)7-12/h4-7,11H,8-10,15H2,1-3H3,(H,16,18). The maximum Gasteiger partial charge on any atom is 0.235 e. The molecule has 0 bridgehead atoms. The molecule has 1 aromatic rings. The Bertz CT molecular complexity index is 585. The number of benzene rings is 1. The van der Waals surface area contributed by atoms with E-state index in [0.29, 0.717) is 23.7 Å². The Morgan fingerprint density at radius 3 is 2.62 bits per heavy atom. The second-order valence-corrected chi connectivity index (χ2v) is 7.53. The van der Waals surface area contributed by atoms with Crippen LogP contribution in [0.3, 0.4) is 0 Å². The van der Waals surface area contributed by atoms with Crippen LogP contribution in [-0.4, -0.2) is 38.8 Å². The van der Waals surface area contributed by atoms with E-state index in [9.17, 15) is 13.2 Å². The van der Waals surface area contributed by atoms with Crippen LogP contribution >= 0.6 is 0 Å². The third kappa shape index (κ3) is 6.14. The second kappa shape index (κ2) is 7.42. The molecule has 3 N–H and O–H groups in total. The third-order valence-corrected chi connectivity index (χ3v) is 4.63. The van der Waals surface area contributed by atoms with E-state index < -0.39 is 10.0 Å². The molecule has 7 heteroatoms. The molecule has 0 saturated heterocycles. The summed E-state index contributed by atoms with van der Waals surface area (Å²) < 4.78 is 25.4. The number of carbonyl (C=O) groups is 1. The summed E-state index contributed by atoms with van der Waals surface area (Å²) in [6.45, 7) is 4.29. The molecule has 0 saturated carbocycles. The Hall–Kier alpha value is -1.60. The zero-order valence-electron chi connectivity index (χ0n) is 12.7. The molecule has 1 rings (SSSR count). The Kier molecular flexibility index (Phi) is 6.17. The largest absolute Gasteiger partial charge is 0.399 e. The molecular formula is C14H23N3O3S. The molecule has 0 aromatic heterocycles. The first-order valence-electron chi connectivity index (χ1n) is 6.76. The number of likely N-dealkylation sites (N-methyl/N-ethyl adjacent to an activating group) is 1. The summed E-state index contributed by atoms with van der Waals surface area (Å²) in [4.78, 5) is 11.7. The van der Waals surface area contributed by atoms with Crippen molar-refractivity contribution in [2.24, 2.45) is 5.92 Å². The number of nitrogen functional groups attached to an aromatic ring is 1. The van der Waals surface area contributed by atoms with E-state index in [1.807, 2.05) is 13.8 Å². The van der Waals surface area contributed by atoms with Gasteiger partial charge in [-0.25, -0.2) is 8.42 Å². The fourth-order valence-corrected chi connectivity index (χ4v) is 2.81. The number of nitrogens with two attached hydrogens (primary N) is 1. The van der Waals surface area contributed by atoms with E-state index in [0.717, 1.165) is 4.31 Å². The lowest BCUT2D eigenvalue weighted by atomic mass is 10.2. The molecule has 0 atom stereocenters. The molecule has 0 aliphatic carbocycles. The first kappa shape index (κ1) is 17.5. The summed E-state index contributed by atoms with van der Waals surface area (Å²) in [5.41, 5.74) is 6.74. The van der Waals surface area contributed by atoms with Crippen molar-refractivity contribution in [3.63, 3.8) is 0 Å². The predicted octanol–water partition coefficient (Wildman–Crippen LogP) is 0.803. The second-order valence-electron chi connectivity index (χ2n) is 5.46. The fraction of sp³-hybridized carbons (Fsp3) is 0.500. The molecule has 0 aliphatic rings. The van der Waals surface area contributed by atoms with Crippen LogP contribution in [0.1, 0.15) is 19.4 Å². The van der Waals surface area contributed by atoms with E-state index in [4.69, 9.17) is 5.73 Å². The summed E-state index contributed by atoms with van der Waals surface area (Å²) in [7, 11) is -2.15. The Morgan fingerprint density at radius 1 is 1.38 bits per heavy atom. The van der Waals surface area contributed by atoms with Gasteiger partial charge in [0.2, 0.25) is 15.9 Å². The van der Waals surface area contributed by atoms with Crippen molar-refractivity contribution in [2.75, 3.05) is 25.9 Å². The number of hydrogen-bond donors (Lipinski definition) is 2. The third-order valence-electron chi connectivity index (χ3n) is 2.85. The molecule has 0 spiro atoms. The van der Waals surface area contributed by atoms with Gasteiger partial charge in [-0.2, -0.15) is 4.31 Å². The van der Waals surface area contributed by atoms with Crippen molar-refractivity contribution in [2.45, 2.75) is 19.6 Å². The first-order chi connectivity index (χ1) is 9.70. The Balaban J connectivity index is 2.63. The summed E-state index contributed by atoms with van der Waals surface area (Å²) in [6.07, 6.45) is 0. The van der Waals surface area contributed by atoms with Gasteiger partial charge in [0.1, 0.15) is 0 Å². The highest BCUT2D eigenvalue weighted by molar-refractivity contribution is 7.88. The zero-order valence-corrected chi connectivity index (χ0v) is 13.5. The molecule has 1 aromatic carbocycles. The molecular weight excluding hydrogens is 290 g/mol. The van der Waals surface area contributed by atoms with E-state index in [2.05, 4.69) is 5.32 Å². The number of nitrogens with one attached hydrogen (secondary N) is 1. The lowest BCUT2D eigenvalue weighted by molar-refractivity contribution is -0.121. The highest BCUT2D eigenvalue weighted by Gasteiger charge is 2.21. The Labute approximate surface area is 126 Å². The van der Waals surface area contributed by atoms with Crippen molar-refractivity contribution in [3.05, 3.63) is 29.8 Å². The smallest absolute Gasteiger partial charge is 0.235 e. The fourth-order valence-electron chi connectivity index (χ4n) is 1.68. The van der Waals surface area contributed by atoms with Gasteiger partial charge in [-0.15, -0.1) is 0 Å². The van der Waals surface area contributed by atoms with Crippen LogP contribution in [0.25, 0.3) is 0 Å². The van der Waals surface area contributed by atoms with Crippen LogP contribution in [0.15, 0.2) is 24.3 Å². The highest BCUT2D eigenvalue weighted by atomic mass is 32.2. The molecule has 0 heterocycles. The van der Waals surface area contributed by atoms with E-state index in [1.165, 1.54) is 7.05 Å². The van der Waals surface area contributed by atoms with Gasteiger partial charge in [0.25, 0.3) is 0 Å². The van der Waals surface area contributed by atoms with Crippen LogP contribution in [0.4, 0.5) is 5.69 Å². The number of anilines is 1. The van der Waals surface area contributed by atoms with Gasteiger partial charge in [-0.3, -0.25) is 4.79 Å². The van der Waals surface area contributed by atoms with Crippen molar-refractivity contribution in [3.8, 4) is 0 Å². The van der Waals surface area contributed by atoms with Crippen LogP contribution in [0.2, 0.25) is 0 Å². The van der Waals surface area contributed by atoms with Gasteiger partial charge in [-0.05, 0) is 23.6 Å². The number of amides is 1. The van der Waals surface area contributed by atoms with Crippen molar-refractivity contribution in [1.82, 2.24) is 9.62 Å². The maximum absolute atomic E-state index is 12.2. The SMILES string of the molecule is CC(C)CNC(=O)CN(C)S(=O)(=O)Cc1cccc(N)c1. The van der Waals surface area contributed by atoms with Crippen LogP contribution in [-0.2, 0) is 20.6 Å². The summed E-state index contributed by atoms with van der Waals surface area (Å²) in [5, 5.41) is 2.69. The first-order valence-corrected chi connectivity index (χ1v) is 8.36. The zero-order chi connectivity index (χ0) is 16.0. The molecule has 6 nitrogen and oxygen atoms in total. The Morgan fingerprint density at radius 2 is 2.05 bits per heavy atom. The number of nitrogens with zero attached hydrogens (tertiary/aromatic N) is 1. The molecule has 0 radical (unpaired) electrons. The summed E-state index contributed by atoms with van der Waals surface area (Å²) in [6, 6.07) is 6.71. The van der Waals surface area contributed by atoms with Crippen molar-refractivity contribution >= 4 is 21.6 Å². The van der Waals surface area contributed by atoms with E-state index >= 15 is 0 Å². The maximum atomic E-state index is 12.2. The van der Waals surface area contributed by atoms with Gasteiger partial charge in [0, 0.05) is 19.3 Å². The topological polar surface area (TPSA) is 92.5 Å². The van der Waals surface area contributed by atoms with Gasteiger partial charge in [0.15, 0.2) is 0 Å². The molecule has 0 aliphatic heterocycles. The minimum atomic E-state index is -3.55. The molecule has 0 unspecified atom stereocenters. The lowest BCUT2D eigenvalue weighted by Crippen LogP contribution is -2.39. The monoisotopic (exact) mass is 313 g/mol. The van der Waals surface area contributed by atoms with Crippen LogP contribution in [0.5, 0.6) is 0 Å². The molecule has 118 valence electrons. The van der Waals surface area contributed by atoms with Crippen LogP contribution < -0.4 is 11.1 Å². The molecule has 0 fully saturated rings. The lowest BCUT2D eigenvalue weighted by Gasteiger charge is -2.17. The number of rotatable bonds is 7. The average molecular weight is 313 g/mol. The molecule has 1 amide bonds. The van der Waals surface area contributed by atoms with Crippen molar-refractivity contribution < 1.29 is 13.2 Å². The number of hydrogen-bond acceptors (Lipinski definition) is 4. The highest BCUT2D eigenvalue weighted by Crippen LogP contribution is 2.12. The van der Waals surface area contributed by atoms with Gasteiger partial charge in [-0.1, -0.05) is 26.0 Å². The van der Waals surface area contributed by atoms with Gasteiger partial charge < -0.3 is 11.1 Å². The minimum Gasteiger partial charge on any atom is -0.399 e. The number of carbonyl (C=O) groups excluding carboxylic acids is 1. The molecule has 21 heavy (non-hydrogen) atoms. The quantitative estimate of drug-likeness (QED) is 0.728. The summed E-state index contributed by atoms with van der Waals surface area (Å²) >= 11 is 0. The van der Waals surface area contributed by atoms with Crippen LogP contribution in [0, 0.1) is 5.92 Å². The van der Waals surface area contributed by atoms with Gasteiger partial charge in [0.05, 0.1) is 12.3 Å². The van der Waals surface area contributed by atoms with E-state index in [-0.39, 0.29) is 18.2 Å². The van der Waals surface area contributed by atoms with E-state index in [1.54, 1.807) is 24.3 Å². The minimum absolute atomic E-state index is 0.175. The number of sulfonamides is 1. The van der Waals surface area contributed by atoms with Gasteiger partial charge >= 0.3 is 0 Å². The van der Waals surface area contributed by atoms with Crippen molar-refractivity contribution in [1.29, 1.82) is 0 Å². The normalized spacial score (nSPS) is 11.9. The summed E-state index contributed by atoms with van der Waals surface area (Å²) in [5.74, 6) is -0.156.